The van der Waals surface area contributed by atoms with Crippen LogP contribution in [0.3, 0.4) is 0 Å². The molecule has 0 aliphatic rings. The number of anilines is 1. The van der Waals surface area contributed by atoms with Crippen molar-refractivity contribution in [3.05, 3.63) is 35.7 Å². The van der Waals surface area contributed by atoms with Gasteiger partial charge < -0.3 is 10.5 Å². The summed E-state index contributed by atoms with van der Waals surface area (Å²) >= 11 is 1.56. The molecule has 0 fully saturated rings. The van der Waals surface area contributed by atoms with E-state index >= 15 is 0 Å². The fourth-order valence-electron chi connectivity index (χ4n) is 1.33. The van der Waals surface area contributed by atoms with Crippen LogP contribution in [0.1, 0.15) is 0 Å². The van der Waals surface area contributed by atoms with E-state index in [1.165, 1.54) is 0 Å². The van der Waals surface area contributed by atoms with Gasteiger partial charge in [-0.1, -0.05) is 12.1 Å². The first-order valence-electron chi connectivity index (χ1n) is 4.28. The Labute approximate surface area is 86.9 Å². The number of hydrogen-bond donors (Lipinski definition) is 1. The van der Waals surface area contributed by atoms with Crippen LogP contribution in [-0.2, 0) is 0 Å². The third-order valence-electron chi connectivity index (χ3n) is 2.10. The second-order valence-corrected chi connectivity index (χ2v) is 3.87. The summed E-state index contributed by atoms with van der Waals surface area (Å²) in [5, 5.41) is 2.85. The highest BCUT2D eigenvalue weighted by atomic mass is 32.1. The molecule has 0 aliphatic heterocycles. The van der Waals surface area contributed by atoms with Crippen LogP contribution in [-0.4, -0.2) is 7.11 Å². The van der Waals surface area contributed by atoms with Crippen molar-refractivity contribution < 1.29 is 4.74 Å². The predicted molar refractivity (Wildman–Crippen MR) is 60.7 cm³/mol. The van der Waals surface area contributed by atoms with Crippen LogP contribution in [0.5, 0.6) is 5.75 Å². The average molecular weight is 205 g/mol. The molecule has 0 aliphatic carbocycles. The van der Waals surface area contributed by atoms with E-state index in [0.29, 0.717) is 0 Å². The Morgan fingerprint density at radius 1 is 1.14 bits per heavy atom. The zero-order valence-corrected chi connectivity index (χ0v) is 8.67. The number of hydrogen-bond acceptors (Lipinski definition) is 3. The van der Waals surface area contributed by atoms with Gasteiger partial charge in [0.05, 0.1) is 12.1 Å². The van der Waals surface area contributed by atoms with Crippen LogP contribution >= 0.6 is 11.3 Å². The van der Waals surface area contributed by atoms with Crippen LogP contribution in [0.25, 0.3) is 11.1 Å². The molecule has 0 unspecified atom stereocenters. The highest BCUT2D eigenvalue weighted by Crippen LogP contribution is 2.31. The molecule has 0 atom stereocenters. The van der Waals surface area contributed by atoms with Crippen LogP contribution in [0.2, 0.25) is 0 Å². The van der Waals surface area contributed by atoms with E-state index in [4.69, 9.17) is 10.5 Å². The second kappa shape index (κ2) is 3.72. The molecule has 14 heavy (non-hydrogen) atoms. The third kappa shape index (κ3) is 1.59. The molecule has 2 N–H and O–H groups in total. The lowest BCUT2D eigenvalue weighted by molar-refractivity contribution is 0.415. The Morgan fingerprint density at radius 2 is 1.86 bits per heavy atom. The standard InChI is InChI=1S/C11H11NOS/c1-13-9-4-2-8(3-5-9)10-6-7-14-11(10)12/h2-7H,12H2,1H3. The van der Waals surface area contributed by atoms with E-state index in [-0.39, 0.29) is 0 Å². The van der Waals surface area contributed by atoms with Gasteiger partial charge in [-0.2, -0.15) is 0 Å². The highest BCUT2D eigenvalue weighted by Gasteiger charge is 2.02. The Kier molecular flexibility index (Phi) is 2.41. The molecule has 1 aromatic carbocycles. The lowest BCUT2D eigenvalue weighted by atomic mass is 10.1. The van der Waals surface area contributed by atoms with Gasteiger partial charge in [-0.05, 0) is 29.1 Å². The molecule has 0 amide bonds. The zero-order chi connectivity index (χ0) is 9.97. The molecule has 0 bridgehead atoms. The first-order valence-corrected chi connectivity index (χ1v) is 5.16. The molecule has 72 valence electrons. The summed E-state index contributed by atoms with van der Waals surface area (Å²) in [6, 6.07) is 9.93. The first-order chi connectivity index (χ1) is 6.81. The fraction of sp³-hybridized carbons (Fsp3) is 0.0909. The normalized spacial score (nSPS) is 10.1. The van der Waals surface area contributed by atoms with Crippen molar-refractivity contribution in [2.45, 2.75) is 0 Å². The topological polar surface area (TPSA) is 35.2 Å². The van der Waals surface area contributed by atoms with Crippen LogP contribution in [0.4, 0.5) is 5.00 Å². The second-order valence-electron chi connectivity index (χ2n) is 2.93. The lowest BCUT2D eigenvalue weighted by Gasteiger charge is -2.02. The van der Waals surface area contributed by atoms with Crippen LogP contribution < -0.4 is 10.5 Å². The highest BCUT2D eigenvalue weighted by molar-refractivity contribution is 7.14. The van der Waals surface area contributed by atoms with E-state index < -0.39 is 0 Å². The average Bonchev–Trinajstić information content (AvgIpc) is 2.65. The van der Waals surface area contributed by atoms with Crippen LogP contribution in [0.15, 0.2) is 35.7 Å². The molecule has 2 rings (SSSR count). The Morgan fingerprint density at radius 3 is 2.36 bits per heavy atom. The molecule has 1 heterocycles. The SMILES string of the molecule is COc1ccc(-c2ccsc2N)cc1. The third-order valence-corrected chi connectivity index (χ3v) is 2.84. The van der Waals surface area contributed by atoms with Gasteiger partial charge in [-0.15, -0.1) is 11.3 Å². The van der Waals surface area contributed by atoms with Crippen LogP contribution in [0, 0.1) is 0 Å². The van der Waals surface area contributed by atoms with E-state index in [0.717, 1.165) is 21.9 Å². The number of nitrogen functional groups attached to an aromatic ring is 1. The van der Waals surface area contributed by atoms with Gasteiger partial charge >= 0.3 is 0 Å². The minimum Gasteiger partial charge on any atom is -0.497 e. The molecule has 2 aromatic rings. The maximum absolute atomic E-state index is 5.83. The first kappa shape index (κ1) is 9.09. The molecular formula is C11H11NOS. The van der Waals surface area contributed by atoms with Gasteiger partial charge in [0.2, 0.25) is 0 Å². The Balaban J connectivity index is 2.39. The van der Waals surface area contributed by atoms with Crippen molar-refractivity contribution in [1.29, 1.82) is 0 Å². The summed E-state index contributed by atoms with van der Waals surface area (Å²) < 4.78 is 5.09. The number of nitrogens with two attached hydrogens (primary N) is 1. The summed E-state index contributed by atoms with van der Waals surface area (Å²) in [4.78, 5) is 0. The molecule has 0 saturated heterocycles. The summed E-state index contributed by atoms with van der Waals surface area (Å²) in [5.74, 6) is 0.863. The zero-order valence-electron chi connectivity index (χ0n) is 7.86. The van der Waals surface area contributed by atoms with E-state index in [1.807, 2.05) is 35.7 Å². The van der Waals surface area contributed by atoms with E-state index in [2.05, 4.69) is 0 Å². The van der Waals surface area contributed by atoms with Gasteiger partial charge in [-0.25, -0.2) is 0 Å². The Bertz CT molecular complexity index is 419. The largest absolute Gasteiger partial charge is 0.497 e. The molecule has 0 saturated carbocycles. The van der Waals surface area contributed by atoms with Crippen molar-refractivity contribution >= 4 is 16.3 Å². The smallest absolute Gasteiger partial charge is 0.118 e. The molecule has 0 spiro atoms. The summed E-state index contributed by atoms with van der Waals surface area (Å²) in [6.45, 7) is 0. The van der Waals surface area contributed by atoms with Gasteiger partial charge in [0, 0.05) is 5.56 Å². The number of ether oxygens (including phenoxy) is 1. The quantitative estimate of drug-likeness (QED) is 0.818. The van der Waals surface area contributed by atoms with Gasteiger partial charge in [-0.3, -0.25) is 0 Å². The fourth-order valence-corrected chi connectivity index (χ4v) is 1.99. The monoisotopic (exact) mass is 205 g/mol. The molecule has 0 radical (unpaired) electrons. The maximum Gasteiger partial charge on any atom is 0.118 e. The van der Waals surface area contributed by atoms with Gasteiger partial charge in [0.25, 0.3) is 0 Å². The number of methoxy groups -OCH3 is 1. The Hall–Kier alpha value is -1.48. The molecule has 1 aromatic heterocycles. The summed E-state index contributed by atoms with van der Waals surface area (Å²) in [7, 11) is 1.66. The van der Waals surface area contributed by atoms with Crippen molar-refractivity contribution in [3.8, 4) is 16.9 Å². The van der Waals surface area contributed by atoms with Crippen molar-refractivity contribution in [2.24, 2.45) is 0 Å². The molecular weight excluding hydrogens is 194 g/mol. The summed E-state index contributed by atoms with van der Waals surface area (Å²) in [5.41, 5.74) is 8.05. The molecule has 2 nitrogen and oxygen atoms in total. The lowest BCUT2D eigenvalue weighted by Crippen LogP contribution is -1.85. The van der Waals surface area contributed by atoms with Gasteiger partial charge in [0.1, 0.15) is 5.75 Å². The van der Waals surface area contributed by atoms with E-state index in [9.17, 15) is 0 Å². The maximum atomic E-state index is 5.83. The van der Waals surface area contributed by atoms with Crippen molar-refractivity contribution in [1.82, 2.24) is 0 Å². The minimum atomic E-state index is 0.857. The van der Waals surface area contributed by atoms with E-state index in [1.54, 1.807) is 18.4 Å². The number of benzene rings is 1. The van der Waals surface area contributed by atoms with Crippen molar-refractivity contribution in [3.63, 3.8) is 0 Å². The number of rotatable bonds is 2. The summed E-state index contributed by atoms with van der Waals surface area (Å²) in [6.07, 6.45) is 0. The van der Waals surface area contributed by atoms with Crippen molar-refractivity contribution in [2.75, 3.05) is 12.8 Å². The minimum absolute atomic E-state index is 0.857. The molecule has 3 heteroatoms. The predicted octanol–water partition coefficient (Wildman–Crippen LogP) is 3.01. The number of thiophene rings is 1. The van der Waals surface area contributed by atoms with Gasteiger partial charge in [0.15, 0.2) is 0 Å².